The van der Waals surface area contributed by atoms with E-state index >= 15 is 0 Å². The SMILES string of the molecule is C=C1C(C)(C)O[C@H](CCCCC)[C@@]1(C)[N+](=O)[O-]. The molecule has 2 atom stereocenters. The highest BCUT2D eigenvalue weighted by Gasteiger charge is 2.60. The van der Waals surface area contributed by atoms with Crippen LogP contribution in [0.2, 0.25) is 0 Å². The number of ether oxygens (including phenoxy) is 1. The summed E-state index contributed by atoms with van der Waals surface area (Å²) in [5.74, 6) is 0. The molecule has 1 saturated heterocycles. The number of nitrogens with zero attached hydrogens (tertiary/aromatic N) is 1. The maximum atomic E-state index is 11.3. The van der Waals surface area contributed by atoms with Crippen LogP contribution in [0.1, 0.15) is 53.4 Å². The van der Waals surface area contributed by atoms with Crippen LogP contribution in [0, 0.1) is 10.1 Å². The topological polar surface area (TPSA) is 52.4 Å². The second-order valence-corrected chi connectivity index (χ2v) is 5.50. The first kappa shape index (κ1) is 14.2. The van der Waals surface area contributed by atoms with Gasteiger partial charge in [0.1, 0.15) is 6.10 Å². The molecular weight excluding hydrogens is 218 g/mol. The highest BCUT2D eigenvalue weighted by Crippen LogP contribution is 2.45. The largest absolute Gasteiger partial charge is 0.360 e. The Morgan fingerprint density at radius 2 is 2.00 bits per heavy atom. The van der Waals surface area contributed by atoms with Gasteiger partial charge in [-0.1, -0.05) is 32.8 Å². The van der Waals surface area contributed by atoms with Crippen LogP contribution in [0.3, 0.4) is 0 Å². The lowest BCUT2D eigenvalue weighted by Gasteiger charge is -2.22. The first-order valence-corrected chi connectivity index (χ1v) is 6.29. The second kappa shape index (κ2) is 4.77. The summed E-state index contributed by atoms with van der Waals surface area (Å²) in [5.41, 5.74) is -1.16. The van der Waals surface area contributed by atoms with E-state index in [4.69, 9.17) is 4.74 Å². The molecule has 1 rings (SSSR count). The van der Waals surface area contributed by atoms with Gasteiger partial charge in [0.25, 0.3) is 5.54 Å². The minimum atomic E-state index is -1.14. The molecule has 0 unspecified atom stereocenters. The minimum Gasteiger partial charge on any atom is -0.360 e. The zero-order valence-electron chi connectivity index (χ0n) is 11.3. The van der Waals surface area contributed by atoms with E-state index in [-0.39, 0.29) is 11.0 Å². The van der Waals surface area contributed by atoms with Gasteiger partial charge in [-0.3, -0.25) is 10.1 Å². The summed E-state index contributed by atoms with van der Waals surface area (Å²) in [6, 6.07) is 0. The number of nitro groups is 1. The smallest absolute Gasteiger partial charge is 0.268 e. The van der Waals surface area contributed by atoms with Crippen molar-refractivity contribution in [2.75, 3.05) is 0 Å². The van der Waals surface area contributed by atoms with Crippen molar-refractivity contribution in [3.05, 3.63) is 22.3 Å². The summed E-state index contributed by atoms with van der Waals surface area (Å²) < 4.78 is 5.84. The molecule has 1 heterocycles. The molecule has 1 fully saturated rings. The summed E-state index contributed by atoms with van der Waals surface area (Å²) in [6.07, 6.45) is 3.53. The molecule has 0 radical (unpaired) electrons. The Hall–Kier alpha value is -0.900. The second-order valence-electron chi connectivity index (χ2n) is 5.50. The molecular formula is C13H23NO3. The molecule has 0 saturated carbocycles. The van der Waals surface area contributed by atoms with Gasteiger partial charge in [-0.2, -0.15) is 0 Å². The molecule has 0 aromatic carbocycles. The van der Waals surface area contributed by atoms with Gasteiger partial charge in [-0.15, -0.1) is 0 Å². The lowest BCUT2D eigenvalue weighted by molar-refractivity contribution is -0.560. The van der Waals surface area contributed by atoms with E-state index in [9.17, 15) is 10.1 Å². The molecule has 98 valence electrons. The molecule has 4 nitrogen and oxygen atoms in total. The summed E-state index contributed by atoms with van der Waals surface area (Å²) in [7, 11) is 0. The van der Waals surface area contributed by atoms with Gasteiger partial charge >= 0.3 is 0 Å². The Morgan fingerprint density at radius 1 is 1.41 bits per heavy atom. The molecule has 4 heteroatoms. The molecule has 17 heavy (non-hydrogen) atoms. The fraction of sp³-hybridized carbons (Fsp3) is 0.846. The van der Waals surface area contributed by atoms with Gasteiger partial charge in [0.05, 0.1) is 5.60 Å². The van der Waals surface area contributed by atoms with Gasteiger partial charge in [-0.05, 0) is 20.3 Å². The maximum Gasteiger partial charge on any atom is 0.268 e. The highest BCUT2D eigenvalue weighted by atomic mass is 16.6. The van der Waals surface area contributed by atoms with Crippen molar-refractivity contribution in [1.82, 2.24) is 0 Å². The predicted molar refractivity (Wildman–Crippen MR) is 67.6 cm³/mol. The fourth-order valence-electron chi connectivity index (χ4n) is 2.49. The van der Waals surface area contributed by atoms with Gasteiger partial charge < -0.3 is 4.74 Å². The molecule has 0 bridgehead atoms. The monoisotopic (exact) mass is 241 g/mol. The Morgan fingerprint density at radius 3 is 2.47 bits per heavy atom. The van der Waals surface area contributed by atoms with Crippen molar-refractivity contribution in [3.63, 3.8) is 0 Å². The minimum absolute atomic E-state index is 0.235. The average molecular weight is 241 g/mol. The van der Waals surface area contributed by atoms with E-state index in [0.29, 0.717) is 5.57 Å². The van der Waals surface area contributed by atoms with Crippen LogP contribution in [-0.2, 0) is 4.74 Å². The fourth-order valence-corrected chi connectivity index (χ4v) is 2.49. The summed E-state index contributed by atoms with van der Waals surface area (Å²) in [6.45, 7) is 11.4. The Bertz CT molecular complexity index is 325. The Kier molecular flexibility index (Phi) is 3.97. The van der Waals surface area contributed by atoms with E-state index in [2.05, 4.69) is 13.5 Å². The first-order chi connectivity index (χ1) is 7.76. The van der Waals surface area contributed by atoms with E-state index in [1.807, 2.05) is 13.8 Å². The molecule has 0 aromatic rings. The van der Waals surface area contributed by atoms with Crippen molar-refractivity contribution < 1.29 is 9.66 Å². The molecule has 0 N–H and O–H groups in total. The third kappa shape index (κ3) is 2.37. The van der Waals surface area contributed by atoms with Crippen LogP contribution < -0.4 is 0 Å². The van der Waals surface area contributed by atoms with Gasteiger partial charge in [0, 0.05) is 17.4 Å². The molecule has 0 aromatic heterocycles. The highest BCUT2D eigenvalue weighted by molar-refractivity contribution is 5.28. The molecule has 0 aliphatic carbocycles. The summed E-state index contributed by atoms with van der Waals surface area (Å²) >= 11 is 0. The van der Waals surface area contributed by atoms with Crippen LogP contribution in [0.5, 0.6) is 0 Å². The van der Waals surface area contributed by atoms with Crippen molar-refractivity contribution in [2.24, 2.45) is 0 Å². The lowest BCUT2D eigenvalue weighted by atomic mass is 9.82. The normalized spacial score (nSPS) is 31.8. The molecule has 0 amide bonds. The quantitative estimate of drug-likeness (QED) is 0.321. The Balaban J connectivity index is 2.88. The Labute approximate surface area is 103 Å². The predicted octanol–water partition coefficient (Wildman–Crippen LogP) is 3.34. The van der Waals surface area contributed by atoms with Gasteiger partial charge in [0.2, 0.25) is 0 Å². The number of hydrogen-bond donors (Lipinski definition) is 0. The van der Waals surface area contributed by atoms with E-state index < -0.39 is 11.1 Å². The molecule has 0 spiro atoms. The third-order valence-corrected chi connectivity index (χ3v) is 3.85. The maximum absolute atomic E-state index is 11.3. The summed E-state index contributed by atoms with van der Waals surface area (Å²) in [4.78, 5) is 11.1. The first-order valence-electron chi connectivity index (χ1n) is 6.29. The third-order valence-electron chi connectivity index (χ3n) is 3.85. The van der Waals surface area contributed by atoms with Crippen molar-refractivity contribution in [3.8, 4) is 0 Å². The summed E-state index contributed by atoms with van der Waals surface area (Å²) in [5, 5.41) is 11.3. The van der Waals surface area contributed by atoms with Crippen LogP contribution >= 0.6 is 0 Å². The molecule has 1 aliphatic heterocycles. The standard InChI is InChI=1S/C13H23NO3/c1-6-7-8-9-11-13(5,14(15)16)10(2)12(3,4)17-11/h11H,2,6-9H2,1,3-5H3/t11-,13+/m1/s1. The van der Waals surface area contributed by atoms with E-state index in [1.54, 1.807) is 6.92 Å². The number of rotatable bonds is 5. The van der Waals surface area contributed by atoms with Crippen molar-refractivity contribution >= 4 is 0 Å². The number of unbranched alkanes of at least 4 members (excludes halogenated alkanes) is 2. The lowest BCUT2D eigenvalue weighted by Crippen LogP contribution is -2.44. The van der Waals surface area contributed by atoms with Gasteiger partial charge in [0.15, 0.2) is 0 Å². The van der Waals surface area contributed by atoms with E-state index in [1.165, 1.54) is 0 Å². The van der Waals surface area contributed by atoms with Crippen LogP contribution in [0.25, 0.3) is 0 Å². The van der Waals surface area contributed by atoms with Crippen LogP contribution in [0.15, 0.2) is 12.2 Å². The van der Waals surface area contributed by atoms with Crippen LogP contribution in [-0.4, -0.2) is 22.2 Å². The van der Waals surface area contributed by atoms with Gasteiger partial charge in [-0.25, -0.2) is 0 Å². The van der Waals surface area contributed by atoms with E-state index in [0.717, 1.165) is 25.7 Å². The zero-order chi connectivity index (χ0) is 13.3. The van der Waals surface area contributed by atoms with Crippen molar-refractivity contribution in [1.29, 1.82) is 0 Å². The zero-order valence-corrected chi connectivity index (χ0v) is 11.3. The van der Waals surface area contributed by atoms with Crippen molar-refractivity contribution in [2.45, 2.75) is 70.6 Å². The molecule has 1 aliphatic rings. The number of hydrogen-bond acceptors (Lipinski definition) is 3. The van der Waals surface area contributed by atoms with Crippen LogP contribution in [0.4, 0.5) is 0 Å². The average Bonchev–Trinajstić information content (AvgIpc) is 2.41.